The van der Waals surface area contributed by atoms with Gasteiger partial charge in [-0.3, -0.25) is 9.20 Å². The van der Waals surface area contributed by atoms with Crippen LogP contribution in [-0.4, -0.2) is 44.9 Å². The highest BCUT2D eigenvalue weighted by Crippen LogP contribution is 2.28. The summed E-state index contributed by atoms with van der Waals surface area (Å²) in [4.78, 5) is 26.1. The summed E-state index contributed by atoms with van der Waals surface area (Å²) in [5.41, 5.74) is 2.12. The third-order valence-corrected chi connectivity index (χ3v) is 3.54. The third-order valence-electron chi connectivity index (χ3n) is 3.34. The normalized spacial score (nSPS) is 11.7. The number of aliphatic imine (C=N–C) groups is 1. The van der Waals surface area contributed by atoms with Crippen molar-refractivity contribution in [3.8, 4) is 0 Å². The summed E-state index contributed by atoms with van der Waals surface area (Å²) < 4.78 is 15.7. The van der Waals surface area contributed by atoms with Gasteiger partial charge in [0.15, 0.2) is 5.82 Å². The van der Waals surface area contributed by atoms with Crippen molar-refractivity contribution in [3.05, 3.63) is 35.5 Å². The Bertz CT molecular complexity index is 964. The molecule has 0 aliphatic carbocycles. The van der Waals surface area contributed by atoms with E-state index in [0.717, 1.165) is 5.69 Å². The van der Waals surface area contributed by atoms with Crippen LogP contribution < -0.4 is 0 Å². The first-order chi connectivity index (χ1) is 10.9. The molecule has 0 saturated carbocycles. The van der Waals surface area contributed by atoms with Crippen molar-refractivity contribution >= 4 is 45.5 Å². The molecule has 8 heteroatoms. The zero-order chi connectivity index (χ0) is 16.7. The van der Waals surface area contributed by atoms with E-state index in [1.54, 1.807) is 22.0 Å². The SMILES string of the molecule is Cc1ncn2c1c(N=CN(C)C)nc1cc(F)c(C(=O)Cl)cc12. The van der Waals surface area contributed by atoms with Crippen molar-refractivity contribution in [3.63, 3.8) is 0 Å². The first-order valence-electron chi connectivity index (χ1n) is 6.76. The molecule has 0 saturated heterocycles. The molecule has 1 aromatic carbocycles. The Balaban J connectivity index is 2.40. The van der Waals surface area contributed by atoms with Crippen molar-refractivity contribution in [2.45, 2.75) is 6.92 Å². The Morgan fingerprint density at radius 1 is 1.43 bits per heavy atom. The first kappa shape index (κ1) is 15.4. The van der Waals surface area contributed by atoms with E-state index >= 15 is 0 Å². The largest absolute Gasteiger partial charge is 0.369 e. The molecule has 3 rings (SSSR count). The van der Waals surface area contributed by atoms with Crippen molar-refractivity contribution in [1.29, 1.82) is 0 Å². The van der Waals surface area contributed by atoms with E-state index in [2.05, 4.69) is 15.0 Å². The van der Waals surface area contributed by atoms with Crippen molar-refractivity contribution in [2.75, 3.05) is 14.1 Å². The van der Waals surface area contributed by atoms with Gasteiger partial charge in [0.05, 0.1) is 28.6 Å². The van der Waals surface area contributed by atoms with Crippen LogP contribution in [-0.2, 0) is 0 Å². The summed E-state index contributed by atoms with van der Waals surface area (Å²) in [6, 6.07) is 2.55. The van der Waals surface area contributed by atoms with Crippen LogP contribution in [0.2, 0.25) is 0 Å². The fraction of sp³-hybridized carbons (Fsp3) is 0.200. The fourth-order valence-electron chi connectivity index (χ4n) is 2.30. The number of carbonyl (C=O) groups excluding carboxylic acids is 1. The summed E-state index contributed by atoms with van der Waals surface area (Å²) in [5, 5.41) is -0.857. The number of benzene rings is 1. The Kier molecular flexibility index (Phi) is 3.73. The number of nitrogens with zero attached hydrogens (tertiary/aromatic N) is 5. The number of carbonyl (C=O) groups is 1. The van der Waals surface area contributed by atoms with Crippen molar-refractivity contribution in [2.24, 2.45) is 4.99 Å². The number of rotatable bonds is 3. The highest BCUT2D eigenvalue weighted by molar-refractivity contribution is 6.67. The van der Waals surface area contributed by atoms with Gasteiger partial charge < -0.3 is 4.90 Å². The molecule has 0 N–H and O–H groups in total. The predicted octanol–water partition coefficient (Wildman–Crippen LogP) is 2.93. The quantitative estimate of drug-likeness (QED) is 0.420. The number of halogens is 2. The minimum absolute atomic E-state index is 0.196. The maximum atomic E-state index is 14.0. The predicted molar refractivity (Wildman–Crippen MR) is 87.2 cm³/mol. The van der Waals surface area contributed by atoms with Crippen molar-refractivity contribution < 1.29 is 9.18 Å². The minimum Gasteiger partial charge on any atom is -0.369 e. The molecule has 0 radical (unpaired) electrons. The van der Waals surface area contributed by atoms with E-state index in [1.807, 2.05) is 21.0 Å². The van der Waals surface area contributed by atoms with Gasteiger partial charge in [-0.15, -0.1) is 0 Å². The average Bonchev–Trinajstić information content (AvgIpc) is 2.86. The Morgan fingerprint density at radius 2 is 2.17 bits per heavy atom. The highest BCUT2D eigenvalue weighted by atomic mass is 35.5. The maximum Gasteiger partial charge on any atom is 0.255 e. The van der Waals surface area contributed by atoms with Crippen LogP contribution in [0.3, 0.4) is 0 Å². The van der Waals surface area contributed by atoms with Gasteiger partial charge >= 0.3 is 0 Å². The van der Waals surface area contributed by atoms with Crippen LogP contribution >= 0.6 is 11.6 Å². The summed E-state index contributed by atoms with van der Waals surface area (Å²) in [6.45, 7) is 1.83. The number of imidazole rings is 1. The molecule has 118 valence electrons. The van der Waals surface area contributed by atoms with E-state index in [4.69, 9.17) is 11.6 Å². The van der Waals surface area contributed by atoms with E-state index in [-0.39, 0.29) is 5.56 Å². The Hall–Kier alpha value is -2.54. The van der Waals surface area contributed by atoms with Gasteiger partial charge in [0, 0.05) is 20.2 Å². The van der Waals surface area contributed by atoms with Crippen LogP contribution in [0.1, 0.15) is 16.1 Å². The van der Waals surface area contributed by atoms with Gasteiger partial charge in [0.1, 0.15) is 17.7 Å². The smallest absolute Gasteiger partial charge is 0.255 e. The molecule has 0 unspecified atom stereocenters. The third kappa shape index (κ3) is 2.63. The summed E-state index contributed by atoms with van der Waals surface area (Å²) in [7, 11) is 3.67. The fourth-order valence-corrected chi connectivity index (χ4v) is 2.45. The topological polar surface area (TPSA) is 62.9 Å². The van der Waals surface area contributed by atoms with E-state index < -0.39 is 11.1 Å². The standard InChI is InChI=1S/C15H13ClFN5O/c1-8-13-15(19-6-21(2)3)20-11-5-10(17)9(14(16)23)4-12(11)22(13)7-18-8/h4-7H,1-3H3. The minimum atomic E-state index is -0.857. The van der Waals surface area contributed by atoms with Crippen LogP contribution in [0.5, 0.6) is 0 Å². The monoisotopic (exact) mass is 333 g/mol. The highest BCUT2D eigenvalue weighted by Gasteiger charge is 2.16. The molecule has 2 aromatic heterocycles. The molecule has 3 aromatic rings. The Labute approximate surface area is 136 Å². The summed E-state index contributed by atoms with van der Waals surface area (Å²) in [6.07, 6.45) is 3.19. The lowest BCUT2D eigenvalue weighted by atomic mass is 10.2. The van der Waals surface area contributed by atoms with Gasteiger partial charge in [-0.2, -0.15) is 0 Å². The van der Waals surface area contributed by atoms with Crippen LogP contribution in [0, 0.1) is 12.7 Å². The lowest BCUT2D eigenvalue weighted by Gasteiger charge is -2.08. The summed E-state index contributed by atoms with van der Waals surface area (Å²) >= 11 is 5.43. The molecule has 23 heavy (non-hydrogen) atoms. The van der Waals surface area contributed by atoms with Gasteiger partial charge in [-0.1, -0.05) is 0 Å². The van der Waals surface area contributed by atoms with Crippen LogP contribution in [0.25, 0.3) is 16.6 Å². The molecule has 0 aliphatic heterocycles. The lowest BCUT2D eigenvalue weighted by Crippen LogP contribution is -2.07. The first-order valence-corrected chi connectivity index (χ1v) is 7.13. The second-order valence-electron chi connectivity index (χ2n) is 5.29. The van der Waals surface area contributed by atoms with E-state index in [0.29, 0.717) is 22.4 Å². The second kappa shape index (κ2) is 5.58. The summed E-state index contributed by atoms with van der Waals surface area (Å²) in [5.74, 6) is -0.297. The molecule has 0 spiro atoms. The molecule has 0 atom stereocenters. The lowest BCUT2D eigenvalue weighted by molar-refractivity contribution is 0.107. The molecular weight excluding hydrogens is 321 g/mol. The number of aryl methyl sites for hydroxylation is 1. The number of aromatic nitrogens is 3. The van der Waals surface area contributed by atoms with Gasteiger partial charge in [0.25, 0.3) is 5.24 Å². The molecule has 6 nitrogen and oxygen atoms in total. The second-order valence-corrected chi connectivity index (χ2v) is 5.63. The zero-order valence-electron chi connectivity index (χ0n) is 12.7. The van der Waals surface area contributed by atoms with E-state index in [1.165, 1.54) is 12.1 Å². The number of hydrogen-bond donors (Lipinski definition) is 0. The molecular formula is C15H13ClFN5O. The van der Waals surface area contributed by atoms with Gasteiger partial charge in [-0.25, -0.2) is 19.4 Å². The molecule has 0 bridgehead atoms. The van der Waals surface area contributed by atoms with E-state index in [9.17, 15) is 9.18 Å². The Morgan fingerprint density at radius 3 is 2.83 bits per heavy atom. The molecule has 0 amide bonds. The number of hydrogen-bond acceptors (Lipinski definition) is 4. The molecule has 2 heterocycles. The molecule has 0 fully saturated rings. The number of fused-ring (bicyclic) bond motifs is 3. The van der Waals surface area contributed by atoms with Gasteiger partial charge in [0.2, 0.25) is 0 Å². The van der Waals surface area contributed by atoms with Crippen molar-refractivity contribution in [1.82, 2.24) is 19.3 Å². The maximum absolute atomic E-state index is 14.0. The zero-order valence-corrected chi connectivity index (χ0v) is 13.5. The van der Waals surface area contributed by atoms with Crippen LogP contribution in [0.4, 0.5) is 10.2 Å². The molecule has 0 aliphatic rings. The van der Waals surface area contributed by atoms with Gasteiger partial charge in [-0.05, 0) is 24.6 Å². The van der Waals surface area contributed by atoms with Crippen LogP contribution in [0.15, 0.2) is 23.5 Å². The average molecular weight is 334 g/mol.